The van der Waals surface area contributed by atoms with Gasteiger partial charge in [-0.05, 0) is 97.1 Å². The molecule has 0 saturated heterocycles. The van der Waals surface area contributed by atoms with E-state index in [0.717, 1.165) is 0 Å². The summed E-state index contributed by atoms with van der Waals surface area (Å²) in [6, 6.07) is 22.8. The minimum Gasteiger partial charge on any atom is -0.508 e. The van der Waals surface area contributed by atoms with Crippen LogP contribution in [0, 0.1) is 0 Å². The standard InChI is InChI=1S/4C6H6O2.2C3H8/c4*7-5-1-2-6(8)4-3-5;2*1-3-2/h4*1-4,7-8H;2*3H2,1-2H3. The van der Waals surface area contributed by atoms with Crippen molar-refractivity contribution in [2.45, 2.75) is 40.5 Å². The molecule has 0 unspecified atom stereocenters. The number of hydrogen-bond donors (Lipinski definition) is 8. The fourth-order valence-electron chi connectivity index (χ4n) is 1.81. The van der Waals surface area contributed by atoms with E-state index in [1.807, 2.05) is 0 Å². The minimum atomic E-state index is 0.169. The molecular formula is C30H40O8. The first kappa shape index (κ1) is 35.4. The highest BCUT2D eigenvalue weighted by molar-refractivity contribution is 5.30. The Balaban J connectivity index is 0. The molecule has 0 atom stereocenters. The van der Waals surface area contributed by atoms with Gasteiger partial charge in [0.15, 0.2) is 0 Å². The van der Waals surface area contributed by atoms with Gasteiger partial charge in [0.2, 0.25) is 0 Å². The average Bonchev–Trinajstić information content (AvgIpc) is 2.89. The van der Waals surface area contributed by atoms with Crippen molar-refractivity contribution in [3.8, 4) is 46.0 Å². The van der Waals surface area contributed by atoms with Crippen molar-refractivity contribution < 1.29 is 40.9 Å². The predicted molar refractivity (Wildman–Crippen MR) is 151 cm³/mol. The Morgan fingerprint density at radius 1 is 0.263 bits per heavy atom. The van der Waals surface area contributed by atoms with Crippen molar-refractivity contribution in [3.63, 3.8) is 0 Å². The predicted octanol–water partition coefficient (Wildman–Crippen LogP) is 7.22. The van der Waals surface area contributed by atoms with Gasteiger partial charge >= 0.3 is 0 Å². The van der Waals surface area contributed by atoms with Crippen LogP contribution < -0.4 is 0 Å². The zero-order valence-electron chi connectivity index (χ0n) is 22.2. The monoisotopic (exact) mass is 528 g/mol. The lowest BCUT2D eigenvalue weighted by Gasteiger charge is -1.88. The molecule has 4 rings (SSSR count). The van der Waals surface area contributed by atoms with Crippen LogP contribution in [-0.4, -0.2) is 40.9 Å². The summed E-state index contributed by atoms with van der Waals surface area (Å²) in [5.41, 5.74) is 0. The Morgan fingerprint density at radius 2 is 0.316 bits per heavy atom. The van der Waals surface area contributed by atoms with Crippen molar-refractivity contribution in [2.75, 3.05) is 0 Å². The van der Waals surface area contributed by atoms with E-state index in [1.54, 1.807) is 0 Å². The Bertz CT molecular complexity index is 787. The largest absolute Gasteiger partial charge is 0.508 e. The van der Waals surface area contributed by atoms with E-state index in [9.17, 15) is 0 Å². The van der Waals surface area contributed by atoms with Gasteiger partial charge in [0.1, 0.15) is 46.0 Å². The molecule has 0 aliphatic carbocycles. The zero-order chi connectivity index (χ0) is 29.3. The second-order valence-electron chi connectivity index (χ2n) is 7.48. The average molecular weight is 529 g/mol. The first-order valence-corrected chi connectivity index (χ1v) is 11.9. The van der Waals surface area contributed by atoms with Crippen molar-refractivity contribution in [3.05, 3.63) is 97.1 Å². The second kappa shape index (κ2) is 22.7. The van der Waals surface area contributed by atoms with Crippen LogP contribution >= 0.6 is 0 Å². The summed E-state index contributed by atoms with van der Waals surface area (Å²) >= 11 is 0. The van der Waals surface area contributed by atoms with Crippen LogP contribution in [0.2, 0.25) is 0 Å². The van der Waals surface area contributed by atoms with Gasteiger partial charge in [0, 0.05) is 0 Å². The second-order valence-corrected chi connectivity index (χ2v) is 7.48. The maximum Gasteiger partial charge on any atom is 0.115 e. The molecule has 4 aromatic carbocycles. The van der Waals surface area contributed by atoms with Crippen LogP contribution in [0.15, 0.2) is 97.1 Å². The Hall–Kier alpha value is -4.72. The number of aromatic hydroxyl groups is 8. The van der Waals surface area contributed by atoms with Crippen LogP contribution in [0.4, 0.5) is 0 Å². The Labute approximate surface area is 224 Å². The highest BCUT2D eigenvalue weighted by atomic mass is 16.3. The molecule has 0 saturated carbocycles. The minimum absolute atomic E-state index is 0.169. The molecule has 8 N–H and O–H groups in total. The fraction of sp³-hybridized carbons (Fsp3) is 0.200. The topological polar surface area (TPSA) is 162 Å². The highest BCUT2D eigenvalue weighted by Crippen LogP contribution is 2.15. The third-order valence-corrected chi connectivity index (χ3v) is 3.40. The molecular weight excluding hydrogens is 488 g/mol. The summed E-state index contributed by atoms with van der Waals surface area (Å²) in [6.45, 7) is 8.50. The number of benzene rings is 4. The third-order valence-electron chi connectivity index (χ3n) is 3.40. The molecule has 0 aromatic heterocycles. The van der Waals surface area contributed by atoms with Gasteiger partial charge in [-0.2, -0.15) is 0 Å². The lowest BCUT2D eigenvalue weighted by molar-refractivity contribution is 0.460. The first-order valence-electron chi connectivity index (χ1n) is 11.9. The van der Waals surface area contributed by atoms with Crippen LogP contribution in [0.5, 0.6) is 46.0 Å². The van der Waals surface area contributed by atoms with Crippen LogP contribution in [0.3, 0.4) is 0 Å². The molecule has 0 aliphatic heterocycles. The molecule has 0 radical (unpaired) electrons. The number of rotatable bonds is 0. The van der Waals surface area contributed by atoms with Crippen LogP contribution in [0.1, 0.15) is 40.5 Å². The van der Waals surface area contributed by atoms with E-state index in [0.29, 0.717) is 0 Å². The first-order chi connectivity index (χ1) is 18.0. The normalized spacial score (nSPS) is 8.53. The van der Waals surface area contributed by atoms with Crippen molar-refractivity contribution >= 4 is 0 Å². The van der Waals surface area contributed by atoms with Gasteiger partial charge in [-0.25, -0.2) is 0 Å². The van der Waals surface area contributed by atoms with Gasteiger partial charge in [0.25, 0.3) is 0 Å². The highest BCUT2D eigenvalue weighted by Gasteiger charge is 1.86. The van der Waals surface area contributed by atoms with Crippen LogP contribution in [-0.2, 0) is 0 Å². The smallest absolute Gasteiger partial charge is 0.115 e. The fourth-order valence-corrected chi connectivity index (χ4v) is 1.81. The quantitative estimate of drug-likeness (QED) is 0.111. The molecule has 0 heterocycles. The molecule has 0 aliphatic rings. The third kappa shape index (κ3) is 23.0. The molecule has 8 heteroatoms. The number of phenolic OH excluding ortho intramolecular Hbond substituents is 8. The SMILES string of the molecule is CCC.CCC.Oc1ccc(O)cc1.Oc1ccc(O)cc1.Oc1ccc(O)cc1.Oc1ccc(O)cc1. The molecule has 0 fully saturated rings. The van der Waals surface area contributed by atoms with Crippen LogP contribution in [0.25, 0.3) is 0 Å². The van der Waals surface area contributed by atoms with E-state index in [2.05, 4.69) is 27.7 Å². The maximum absolute atomic E-state index is 8.65. The molecule has 8 nitrogen and oxygen atoms in total. The van der Waals surface area contributed by atoms with E-state index >= 15 is 0 Å². The molecule has 0 spiro atoms. The summed E-state index contributed by atoms with van der Waals surface area (Å²) in [6.07, 6.45) is 2.50. The van der Waals surface area contributed by atoms with Gasteiger partial charge in [0.05, 0.1) is 0 Å². The van der Waals surface area contributed by atoms with E-state index in [4.69, 9.17) is 40.9 Å². The summed E-state index contributed by atoms with van der Waals surface area (Å²) in [5.74, 6) is 1.35. The van der Waals surface area contributed by atoms with Gasteiger partial charge in [-0.1, -0.05) is 40.5 Å². The van der Waals surface area contributed by atoms with Gasteiger partial charge in [-0.3, -0.25) is 0 Å². The van der Waals surface area contributed by atoms with E-state index < -0.39 is 0 Å². The molecule has 4 aromatic rings. The summed E-state index contributed by atoms with van der Waals surface area (Å²) in [5, 5.41) is 69.2. The zero-order valence-corrected chi connectivity index (χ0v) is 22.2. The van der Waals surface area contributed by atoms with E-state index in [1.165, 1.54) is 110 Å². The van der Waals surface area contributed by atoms with E-state index in [-0.39, 0.29) is 46.0 Å². The summed E-state index contributed by atoms with van der Waals surface area (Å²) in [4.78, 5) is 0. The maximum atomic E-state index is 8.65. The van der Waals surface area contributed by atoms with Crippen molar-refractivity contribution in [1.82, 2.24) is 0 Å². The number of phenols is 8. The van der Waals surface area contributed by atoms with Gasteiger partial charge in [-0.15, -0.1) is 0 Å². The Kier molecular flexibility index (Phi) is 21.2. The summed E-state index contributed by atoms with van der Waals surface area (Å²) < 4.78 is 0. The van der Waals surface area contributed by atoms with Crippen molar-refractivity contribution in [1.29, 1.82) is 0 Å². The Morgan fingerprint density at radius 3 is 0.368 bits per heavy atom. The summed E-state index contributed by atoms with van der Waals surface area (Å²) in [7, 11) is 0. The molecule has 38 heavy (non-hydrogen) atoms. The molecule has 0 amide bonds. The lowest BCUT2D eigenvalue weighted by atomic mass is 10.3. The lowest BCUT2D eigenvalue weighted by Crippen LogP contribution is -1.61. The van der Waals surface area contributed by atoms with Gasteiger partial charge < -0.3 is 40.9 Å². The molecule has 208 valence electrons. The number of hydrogen-bond acceptors (Lipinski definition) is 8. The van der Waals surface area contributed by atoms with Crippen molar-refractivity contribution in [2.24, 2.45) is 0 Å². The molecule has 0 bridgehead atoms.